The Balaban J connectivity index is 2.14. The second-order valence-corrected chi connectivity index (χ2v) is 6.19. The first-order valence-corrected chi connectivity index (χ1v) is 7.23. The molecule has 7 nitrogen and oxygen atoms in total. The molecular formula is C11H19N5O2S. The van der Waals surface area contributed by atoms with Crippen molar-refractivity contribution >= 4 is 17.7 Å². The standard InChI is InChI=1S/C11H19N5O2S/c1-6(2)16-9(18)14-15-10(16)19-5-11(13,8(12)17)7-3-4-7/h6-7H,3-5,13H2,1-2H3,(H2,12,17)(H,14,18). The molecule has 0 spiro atoms. The Morgan fingerprint density at radius 2 is 2.26 bits per heavy atom. The molecular weight excluding hydrogens is 266 g/mol. The number of thioether (sulfide) groups is 1. The number of amides is 1. The van der Waals surface area contributed by atoms with Gasteiger partial charge in [-0.1, -0.05) is 11.8 Å². The van der Waals surface area contributed by atoms with Crippen LogP contribution in [0.25, 0.3) is 0 Å². The van der Waals surface area contributed by atoms with E-state index in [1.165, 1.54) is 11.8 Å². The van der Waals surface area contributed by atoms with E-state index in [9.17, 15) is 9.59 Å². The van der Waals surface area contributed by atoms with E-state index in [-0.39, 0.29) is 17.6 Å². The van der Waals surface area contributed by atoms with Gasteiger partial charge in [-0.15, -0.1) is 5.10 Å². The summed E-state index contributed by atoms with van der Waals surface area (Å²) in [6, 6.07) is -0.00423. The van der Waals surface area contributed by atoms with Gasteiger partial charge in [-0.05, 0) is 32.6 Å². The third-order valence-corrected chi connectivity index (χ3v) is 4.56. The lowest BCUT2D eigenvalue weighted by atomic mass is 9.96. The number of rotatable bonds is 6. The number of hydrogen-bond donors (Lipinski definition) is 3. The molecule has 1 aliphatic carbocycles. The lowest BCUT2D eigenvalue weighted by molar-refractivity contribution is -0.123. The highest BCUT2D eigenvalue weighted by molar-refractivity contribution is 7.99. The zero-order chi connectivity index (χ0) is 14.2. The van der Waals surface area contributed by atoms with E-state index in [2.05, 4.69) is 10.2 Å². The summed E-state index contributed by atoms with van der Waals surface area (Å²) in [6.45, 7) is 3.79. The summed E-state index contributed by atoms with van der Waals surface area (Å²) in [4.78, 5) is 23.1. The van der Waals surface area contributed by atoms with Gasteiger partial charge in [0.1, 0.15) is 5.54 Å². The van der Waals surface area contributed by atoms with Gasteiger partial charge >= 0.3 is 5.69 Å². The number of nitrogens with one attached hydrogen (secondary N) is 1. The molecule has 1 saturated carbocycles. The van der Waals surface area contributed by atoms with Gasteiger partial charge in [0, 0.05) is 11.8 Å². The van der Waals surface area contributed by atoms with Crippen LogP contribution in [0.15, 0.2) is 9.95 Å². The van der Waals surface area contributed by atoms with Crippen LogP contribution in [-0.2, 0) is 4.79 Å². The number of aromatic nitrogens is 3. The molecule has 0 radical (unpaired) electrons. The molecule has 8 heteroatoms. The minimum Gasteiger partial charge on any atom is -0.368 e. The van der Waals surface area contributed by atoms with Gasteiger partial charge in [-0.3, -0.25) is 9.36 Å². The highest BCUT2D eigenvalue weighted by atomic mass is 32.2. The third-order valence-electron chi connectivity index (χ3n) is 3.39. The summed E-state index contributed by atoms with van der Waals surface area (Å²) in [5, 5.41) is 6.91. The van der Waals surface area contributed by atoms with E-state index < -0.39 is 11.4 Å². The quantitative estimate of drug-likeness (QED) is 0.627. The van der Waals surface area contributed by atoms with Crippen LogP contribution in [0.2, 0.25) is 0 Å². The molecule has 1 aromatic rings. The molecule has 1 atom stereocenters. The lowest BCUT2D eigenvalue weighted by Gasteiger charge is -2.25. The highest BCUT2D eigenvalue weighted by Crippen LogP contribution is 2.40. The number of nitrogens with two attached hydrogens (primary N) is 2. The zero-order valence-corrected chi connectivity index (χ0v) is 11.9. The topological polar surface area (TPSA) is 120 Å². The van der Waals surface area contributed by atoms with Crippen molar-refractivity contribution in [3.63, 3.8) is 0 Å². The van der Waals surface area contributed by atoms with Crippen LogP contribution in [0.5, 0.6) is 0 Å². The van der Waals surface area contributed by atoms with Gasteiger partial charge in [0.05, 0.1) is 0 Å². The van der Waals surface area contributed by atoms with Crippen LogP contribution in [-0.4, -0.2) is 32.0 Å². The highest BCUT2D eigenvalue weighted by Gasteiger charge is 2.47. The Labute approximate surface area is 115 Å². The van der Waals surface area contributed by atoms with Crippen LogP contribution in [0.4, 0.5) is 0 Å². The number of primary amides is 1. The van der Waals surface area contributed by atoms with E-state index >= 15 is 0 Å². The molecule has 1 heterocycles. The van der Waals surface area contributed by atoms with Crippen LogP contribution < -0.4 is 17.2 Å². The molecule has 0 saturated heterocycles. The number of hydrogen-bond acceptors (Lipinski definition) is 5. The molecule has 1 aliphatic rings. The van der Waals surface area contributed by atoms with Gasteiger partial charge < -0.3 is 11.5 Å². The minimum absolute atomic E-state index is 0.00423. The van der Waals surface area contributed by atoms with Crippen LogP contribution >= 0.6 is 11.8 Å². The maximum Gasteiger partial charge on any atom is 0.344 e. The Morgan fingerprint density at radius 1 is 1.63 bits per heavy atom. The molecule has 0 aromatic carbocycles. The van der Waals surface area contributed by atoms with Crippen molar-refractivity contribution in [2.24, 2.45) is 17.4 Å². The van der Waals surface area contributed by atoms with Crippen molar-refractivity contribution in [3.05, 3.63) is 10.5 Å². The average molecular weight is 285 g/mol. The molecule has 0 bridgehead atoms. The fourth-order valence-electron chi connectivity index (χ4n) is 2.02. The number of aromatic amines is 1. The summed E-state index contributed by atoms with van der Waals surface area (Å²) < 4.78 is 1.54. The predicted molar refractivity (Wildman–Crippen MR) is 72.8 cm³/mol. The maximum absolute atomic E-state index is 11.6. The van der Waals surface area contributed by atoms with Crippen molar-refractivity contribution < 1.29 is 4.79 Å². The Morgan fingerprint density at radius 3 is 2.74 bits per heavy atom. The normalized spacial score (nSPS) is 18.5. The summed E-state index contributed by atoms with van der Waals surface area (Å²) in [5.41, 5.74) is 10.2. The number of nitrogens with zero attached hydrogens (tertiary/aromatic N) is 2. The molecule has 106 valence electrons. The predicted octanol–water partition coefficient (Wildman–Crippen LogP) is -0.163. The summed E-state index contributed by atoms with van der Waals surface area (Å²) in [5.74, 6) is -0.00329. The molecule has 19 heavy (non-hydrogen) atoms. The summed E-state index contributed by atoms with van der Waals surface area (Å²) in [6.07, 6.45) is 1.86. The minimum atomic E-state index is -1.01. The van der Waals surface area contributed by atoms with E-state index in [4.69, 9.17) is 11.5 Å². The molecule has 1 unspecified atom stereocenters. The van der Waals surface area contributed by atoms with E-state index in [1.54, 1.807) is 4.57 Å². The van der Waals surface area contributed by atoms with Crippen molar-refractivity contribution in [2.75, 3.05) is 5.75 Å². The van der Waals surface area contributed by atoms with Gasteiger partial charge in [0.25, 0.3) is 0 Å². The first-order chi connectivity index (χ1) is 8.86. The number of carbonyl (C=O) groups excluding carboxylic acids is 1. The van der Waals surface area contributed by atoms with Crippen LogP contribution in [0.3, 0.4) is 0 Å². The van der Waals surface area contributed by atoms with Crippen molar-refractivity contribution in [1.82, 2.24) is 14.8 Å². The SMILES string of the molecule is CC(C)n1c(SCC(N)(C(N)=O)C2CC2)n[nH]c1=O. The van der Waals surface area contributed by atoms with E-state index in [1.807, 2.05) is 13.8 Å². The summed E-state index contributed by atoms with van der Waals surface area (Å²) in [7, 11) is 0. The largest absolute Gasteiger partial charge is 0.368 e. The maximum atomic E-state index is 11.6. The first-order valence-electron chi connectivity index (χ1n) is 6.24. The van der Waals surface area contributed by atoms with Crippen LogP contribution in [0.1, 0.15) is 32.7 Å². The second-order valence-electron chi connectivity index (χ2n) is 5.24. The number of H-pyrrole nitrogens is 1. The molecule has 1 fully saturated rings. The van der Waals surface area contributed by atoms with Crippen molar-refractivity contribution in [3.8, 4) is 0 Å². The average Bonchev–Trinajstić information content (AvgIpc) is 3.10. The number of carbonyl (C=O) groups is 1. The Bertz CT molecular complexity index is 533. The molecule has 2 rings (SSSR count). The first kappa shape index (κ1) is 14.1. The molecule has 1 aromatic heterocycles. The fraction of sp³-hybridized carbons (Fsp3) is 0.727. The second kappa shape index (κ2) is 5.01. The zero-order valence-electron chi connectivity index (χ0n) is 11.0. The van der Waals surface area contributed by atoms with Gasteiger partial charge in [-0.2, -0.15) is 0 Å². The lowest BCUT2D eigenvalue weighted by Crippen LogP contribution is -2.56. The van der Waals surface area contributed by atoms with Crippen molar-refractivity contribution in [1.29, 1.82) is 0 Å². The third kappa shape index (κ3) is 2.69. The van der Waals surface area contributed by atoms with Gasteiger partial charge in [0.2, 0.25) is 5.91 Å². The molecule has 1 amide bonds. The van der Waals surface area contributed by atoms with E-state index in [0.717, 1.165) is 12.8 Å². The monoisotopic (exact) mass is 285 g/mol. The Kier molecular flexibility index (Phi) is 3.73. The van der Waals surface area contributed by atoms with Gasteiger partial charge in [-0.25, -0.2) is 9.89 Å². The fourth-order valence-corrected chi connectivity index (χ4v) is 3.31. The molecule has 0 aliphatic heterocycles. The van der Waals surface area contributed by atoms with Gasteiger partial charge in [0.15, 0.2) is 5.16 Å². The van der Waals surface area contributed by atoms with Crippen molar-refractivity contribution in [2.45, 2.75) is 43.4 Å². The molecule has 5 N–H and O–H groups in total. The van der Waals surface area contributed by atoms with Crippen LogP contribution in [0, 0.1) is 5.92 Å². The Hall–Kier alpha value is -1.28. The smallest absolute Gasteiger partial charge is 0.344 e. The summed E-state index contributed by atoms with van der Waals surface area (Å²) >= 11 is 1.29. The van der Waals surface area contributed by atoms with E-state index in [0.29, 0.717) is 10.9 Å².